The molecule has 0 saturated carbocycles. The Hall–Kier alpha value is -2.53. The van der Waals surface area contributed by atoms with E-state index in [1.165, 1.54) is 0 Å². The highest BCUT2D eigenvalue weighted by atomic mass is 16.5. The highest BCUT2D eigenvalue weighted by molar-refractivity contribution is 5.73. The van der Waals surface area contributed by atoms with Gasteiger partial charge in [0.25, 0.3) is 0 Å². The number of hydrogen-bond donors (Lipinski definition) is 3. The number of carboxylic acids is 1. The van der Waals surface area contributed by atoms with E-state index in [-0.39, 0.29) is 12.2 Å². The molecule has 0 fully saturated rings. The third-order valence-corrected chi connectivity index (χ3v) is 3.35. The Bertz CT molecular complexity index is 657. The first kappa shape index (κ1) is 19.5. The van der Waals surface area contributed by atoms with Gasteiger partial charge in [-0.25, -0.2) is 0 Å². The van der Waals surface area contributed by atoms with Gasteiger partial charge in [0.1, 0.15) is 23.3 Å². The molecule has 0 radical (unpaired) electrons. The van der Waals surface area contributed by atoms with E-state index in [4.69, 9.17) is 15.6 Å². The quantitative estimate of drug-likeness (QED) is 0.775. The van der Waals surface area contributed by atoms with Crippen LogP contribution >= 0.6 is 0 Å². The van der Waals surface area contributed by atoms with E-state index in [2.05, 4.69) is 0 Å². The first-order chi connectivity index (χ1) is 11.4. The molecule has 0 saturated heterocycles. The number of aliphatic carboxylic acids is 1. The van der Waals surface area contributed by atoms with Gasteiger partial charge >= 0.3 is 5.97 Å². The van der Waals surface area contributed by atoms with Gasteiger partial charge < -0.3 is 20.7 Å². The number of phenols is 1. The molecule has 0 aliphatic rings. The molecule has 0 bridgehead atoms. The Balaban J connectivity index is 0.00000139. The predicted octanol–water partition coefficient (Wildman–Crippen LogP) is 3.78. The smallest absolute Gasteiger partial charge is 0.320 e. The van der Waals surface area contributed by atoms with Crippen molar-refractivity contribution in [1.82, 2.24) is 0 Å². The molecule has 0 aliphatic carbocycles. The number of ether oxygens (including phenoxy) is 1. The van der Waals surface area contributed by atoms with Crippen LogP contribution in [0, 0.1) is 13.8 Å². The molecule has 0 spiro atoms. The Labute approximate surface area is 142 Å². The maximum absolute atomic E-state index is 10.8. The van der Waals surface area contributed by atoms with Gasteiger partial charge in [-0.1, -0.05) is 26.0 Å². The highest BCUT2D eigenvalue weighted by Gasteiger charge is 2.14. The number of carbonyl (C=O) groups is 1. The van der Waals surface area contributed by atoms with Gasteiger partial charge in [0.2, 0.25) is 0 Å². The van der Waals surface area contributed by atoms with Crippen LogP contribution < -0.4 is 10.5 Å². The average Bonchev–Trinajstić information content (AvgIpc) is 2.54. The van der Waals surface area contributed by atoms with Crippen LogP contribution in [-0.4, -0.2) is 22.2 Å². The molecular weight excluding hydrogens is 306 g/mol. The molecule has 0 aliphatic heterocycles. The van der Waals surface area contributed by atoms with Crippen molar-refractivity contribution < 1.29 is 19.7 Å². The number of rotatable bonds is 5. The van der Waals surface area contributed by atoms with Crippen LogP contribution in [0.15, 0.2) is 36.4 Å². The summed E-state index contributed by atoms with van der Waals surface area (Å²) in [5, 5.41) is 18.2. The summed E-state index contributed by atoms with van der Waals surface area (Å²) in [6, 6.07) is 9.32. The van der Waals surface area contributed by atoms with E-state index < -0.39 is 12.0 Å². The van der Waals surface area contributed by atoms with Gasteiger partial charge in [0, 0.05) is 0 Å². The highest BCUT2D eigenvalue weighted by Crippen LogP contribution is 2.30. The van der Waals surface area contributed by atoms with Crippen LogP contribution in [-0.2, 0) is 11.2 Å². The van der Waals surface area contributed by atoms with Gasteiger partial charge in [-0.3, -0.25) is 4.79 Å². The lowest BCUT2D eigenvalue weighted by Gasteiger charge is -2.15. The van der Waals surface area contributed by atoms with Crippen LogP contribution in [0.1, 0.15) is 30.5 Å². The summed E-state index contributed by atoms with van der Waals surface area (Å²) in [7, 11) is 0. The zero-order valence-corrected chi connectivity index (χ0v) is 14.5. The monoisotopic (exact) mass is 331 g/mol. The summed E-state index contributed by atoms with van der Waals surface area (Å²) in [5.41, 5.74) is 8.24. The molecule has 5 nitrogen and oxygen atoms in total. The molecular formula is C19H25NO4. The van der Waals surface area contributed by atoms with E-state index in [0.29, 0.717) is 5.75 Å². The third-order valence-electron chi connectivity index (χ3n) is 3.35. The number of benzene rings is 2. The summed E-state index contributed by atoms with van der Waals surface area (Å²) in [4.78, 5) is 10.8. The Kier molecular flexibility index (Phi) is 7.27. The van der Waals surface area contributed by atoms with Gasteiger partial charge in [-0.15, -0.1) is 0 Å². The zero-order chi connectivity index (χ0) is 18.3. The van der Waals surface area contributed by atoms with E-state index in [1.807, 2.05) is 39.8 Å². The first-order valence-corrected chi connectivity index (χ1v) is 7.92. The molecule has 2 rings (SSSR count). The van der Waals surface area contributed by atoms with Crippen molar-refractivity contribution in [3.8, 4) is 17.2 Å². The molecule has 0 heterocycles. The maximum atomic E-state index is 10.8. The summed E-state index contributed by atoms with van der Waals surface area (Å²) in [6.45, 7) is 7.80. The lowest BCUT2D eigenvalue weighted by molar-refractivity contribution is -0.138. The number of nitrogens with two attached hydrogens (primary N) is 1. The largest absolute Gasteiger partial charge is 0.508 e. The summed E-state index contributed by atoms with van der Waals surface area (Å²) in [5.74, 6) is 0.510. The van der Waals surface area contributed by atoms with Crippen molar-refractivity contribution in [1.29, 1.82) is 0 Å². The van der Waals surface area contributed by atoms with Crippen LogP contribution in [0.5, 0.6) is 17.2 Å². The number of carboxylic acid groups (broad SMARTS) is 1. The van der Waals surface area contributed by atoms with Gasteiger partial charge in [-0.2, -0.15) is 0 Å². The topological polar surface area (TPSA) is 92.8 Å². The second kappa shape index (κ2) is 8.93. The Morgan fingerprint density at radius 1 is 1.12 bits per heavy atom. The fourth-order valence-corrected chi connectivity index (χ4v) is 2.29. The normalized spacial score (nSPS) is 11.2. The second-order valence-electron chi connectivity index (χ2n) is 5.30. The minimum atomic E-state index is -1.01. The fourth-order valence-electron chi connectivity index (χ4n) is 2.29. The van der Waals surface area contributed by atoms with Crippen molar-refractivity contribution in [2.75, 3.05) is 0 Å². The molecule has 5 heteroatoms. The van der Waals surface area contributed by atoms with Crippen molar-refractivity contribution in [3.63, 3.8) is 0 Å². The molecule has 2 aromatic rings. The van der Waals surface area contributed by atoms with E-state index in [1.54, 1.807) is 24.3 Å². The molecule has 2 aromatic carbocycles. The van der Waals surface area contributed by atoms with Crippen LogP contribution in [0.25, 0.3) is 0 Å². The van der Waals surface area contributed by atoms with Gasteiger partial charge in [0.15, 0.2) is 0 Å². The minimum Gasteiger partial charge on any atom is -0.508 e. The molecule has 4 N–H and O–H groups in total. The lowest BCUT2D eigenvalue weighted by Crippen LogP contribution is -2.32. The fraction of sp³-hybridized carbons (Fsp3) is 0.316. The van der Waals surface area contributed by atoms with E-state index in [9.17, 15) is 9.90 Å². The number of hydrogen-bond acceptors (Lipinski definition) is 4. The number of phenolic OH excluding ortho intramolecular Hbond substituents is 1. The first-order valence-electron chi connectivity index (χ1n) is 7.92. The van der Waals surface area contributed by atoms with Gasteiger partial charge in [0.05, 0.1) is 0 Å². The SMILES string of the molecule is CC.Cc1cc(CC(N)C(=O)O)cc(C)c1Oc1ccc(O)cc1. The van der Waals surface area contributed by atoms with Crippen LogP contribution in [0.2, 0.25) is 0 Å². The number of aromatic hydroxyl groups is 1. The standard InChI is InChI=1S/C17H19NO4.C2H6/c1-10-7-12(9-15(18)17(20)21)8-11(2)16(10)22-14-5-3-13(19)4-6-14;1-2/h3-8,15,19H,9,18H2,1-2H3,(H,20,21);1-2H3. The van der Waals surface area contributed by atoms with Gasteiger partial charge in [-0.05, 0) is 61.2 Å². The summed E-state index contributed by atoms with van der Waals surface area (Å²) in [6.07, 6.45) is 0.274. The second-order valence-corrected chi connectivity index (χ2v) is 5.30. The molecule has 0 amide bonds. The van der Waals surface area contributed by atoms with Crippen molar-refractivity contribution >= 4 is 5.97 Å². The average molecular weight is 331 g/mol. The molecule has 1 unspecified atom stereocenters. The minimum absolute atomic E-state index is 0.179. The Morgan fingerprint density at radius 3 is 2.08 bits per heavy atom. The molecule has 0 aromatic heterocycles. The van der Waals surface area contributed by atoms with Crippen molar-refractivity contribution in [3.05, 3.63) is 53.1 Å². The third kappa shape index (κ3) is 5.28. The lowest BCUT2D eigenvalue weighted by atomic mass is 10.0. The van der Waals surface area contributed by atoms with Crippen molar-refractivity contribution in [2.24, 2.45) is 5.73 Å². The van der Waals surface area contributed by atoms with Crippen molar-refractivity contribution in [2.45, 2.75) is 40.2 Å². The van der Waals surface area contributed by atoms with E-state index in [0.717, 1.165) is 22.4 Å². The van der Waals surface area contributed by atoms with Crippen LogP contribution in [0.4, 0.5) is 0 Å². The molecule has 24 heavy (non-hydrogen) atoms. The summed E-state index contributed by atoms with van der Waals surface area (Å²) >= 11 is 0. The predicted molar refractivity (Wildman–Crippen MR) is 94.8 cm³/mol. The zero-order valence-electron chi connectivity index (χ0n) is 14.5. The van der Waals surface area contributed by atoms with Crippen LogP contribution in [0.3, 0.4) is 0 Å². The van der Waals surface area contributed by atoms with E-state index >= 15 is 0 Å². The molecule has 130 valence electrons. The maximum Gasteiger partial charge on any atom is 0.320 e. The summed E-state index contributed by atoms with van der Waals surface area (Å²) < 4.78 is 5.84. The Morgan fingerprint density at radius 2 is 1.62 bits per heavy atom. The number of aryl methyl sites for hydroxylation is 2. The molecule has 1 atom stereocenters.